The molecule has 3 aromatic rings. The highest BCUT2D eigenvalue weighted by molar-refractivity contribution is 7.98. The van der Waals surface area contributed by atoms with Crippen LogP contribution >= 0.6 is 11.8 Å². The fourth-order valence-electron chi connectivity index (χ4n) is 2.30. The first kappa shape index (κ1) is 18.8. The smallest absolute Gasteiger partial charge is 0.211 e. The van der Waals surface area contributed by atoms with Gasteiger partial charge in [-0.2, -0.15) is 9.78 Å². The average molecular weight is 384 g/mol. The number of aromatic nitrogens is 3. The molecule has 0 saturated heterocycles. The highest BCUT2D eigenvalue weighted by Crippen LogP contribution is 2.26. The van der Waals surface area contributed by atoms with Crippen molar-refractivity contribution in [2.45, 2.75) is 18.7 Å². The van der Waals surface area contributed by atoms with Crippen molar-refractivity contribution in [3.8, 4) is 17.2 Å². The number of thioether (sulfide) groups is 1. The fourth-order valence-corrected chi connectivity index (χ4v) is 2.75. The molecule has 8 heteroatoms. The number of aromatic hydroxyl groups is 1. The summed E-state index contributed by atoms with van der Waals surface area (Å²) in [4.78, 5) is 0. The van der Waals surface area contributed by atoms with Crippen LogP contribution in [0.1, 0.15) is 18.3 Å². The molecule has 0 fully saturated rings. The van der Waals surface area contributed by atoms with E-state index in [1.165, 1.54) is 11.8 Å². The van der Waals surface area contributed by atoms with Gasteiger partial charge in [-0.05, 0) is 49.1 Å². The molecule has 7 nitrogen and oxygen atoms in total. The minimum absolute atomic E-state index is 0.0973. The predicted octanol–water partition coefficient (Wildman–Crippen LogP) is 3.57. The van der Waals surface area contributed by atoms with Crippen LogP contribution in [0.5, 0.6) is 17.2 Å². The molecular weight excluding hydrogens is 364 g/mol. The Morgan fingerprint density at radius 3 is 2.70 bits per heavy atom. The van der Waals surface area contributed by atoms with Gasteiger partial charge in [0, 0.05) is 0 Å². The van der Waals surface area contributed by atoms with Crippen molar-refractivity contribution in [1.29, 1.82) is 0 Å². The van der Waals surface area contributed by atoms with E-state index in [-0.39, 0.29) is 12.4 Å². The summed E-state index contributed by atoms with van der Waals surface area (Å²) >= 11 is 1.44. The Hall–Kier alpha value is -3.00. The Kier molecular flexibility index (Phi) is 6.32. The van der Waals surface area contributed by atoms with E-state index in [2.05, 4.69) is 15.3 Å². The summed E-state index contributed by atoms with van der Waals surface area (Å²) in [7, 11) is 0. The van der Waals surface area contributed by atoms with E-state index >= 15 is 0 Å². The molecule has 1 N–H and O–H groups in total. The molecule has 0 aliphatic heterocycles. The lowest BCUT2D eigenvalue weighted by Gasteiger charge is -2.07. The number of phenols is 1. The second-order valence-corrected chi connectivity index (χ2v) is 6.19. The van der Waals surface area contributed by atoms with Crippen LogP contribution in [0.15, 0.2) is 58.8 Å². The van der Waals surface area contributed by atoms with Crippen molar-refractivity contribution in [3.05, 3.63) is 59.9 Å². The first-order valence-electron chi connectivity index (χ1n) is 8.37. The third-order valence-electron chi connectivity index (χ3n) is 3.58. The number of benzene rings is 2. The number of hydrogen-bond donors (Lipinski definition) is 1. The van der Waals surface area contributed by atoms with Crippen molar-refractivity contribution in [2.24, 2.45) is 5.10 Å². The van der Waals surface area contributed by atoms with E-state index in [0.717, 1.165) is 11.3 Å². The maximum Gasteiger partial charge on any atom is 0.211 e. The number of para-hydroxylation sites is 1. The maximum absolute atomic E-state index is 9.81. The number of rotatable bonds is 8. The van der Waals surface area contributed by atoms with Gasteiger partial charge in [0.1, 0.15) is 12.4 Å². The average Bonchev–Trinajstić information content (AvgIpc) is 3.10. The molecule has 0 radical (unpaired) electrons. The Balaban J connectivity index is 1.80. The summed E-state index contributed by atoms with van der Waals surface area (Å²) in [6.07, 6.45) is 3.57. The lowest BCUT2D eigenvalue weighted by atomic mass is 10.2. The minimum Gasteiger partial charge on any atom is -0.504 e. The maximum atomic E-state index is 9.81. The highest BCUT2D eigenvalue weighted by atomic mass is 32.2. The largest absolute Gasteiger partial charge is 0.504 e. The van der Waals surface area contributed by atoms with E-state index < -0.39 is 0 Å². The molecule has 1 heterocycles. The first-order valence-corrected chi connectivity index (χ1v) is 9.60. The molecular formula is C19H20N4O3S. The normalized spacial score (nSPS) is 11.0. The molecule has 0 aliphatic carbocycles. The van der Waals surface area contributed by atoms with Crippen LogP contribution < -0.4 is 9.47 Å². The van der Waals surface area contributed by atoms with Crippen molar-refractivity contribution in [3.63, 3.8) is 0 Å². The van der Waals surface area contributed by atoms with Gasteiger partial charge in [0.25, 0.3) is 0 Å². The van der Waals surface area contributed by atoms with E-state index in [1.54, 1.807) is 29.1 Å². The minimum atomic E-state index is 0.0973. The summed E-state index contributed by atoms with van der Waals surface area (Å²) in [6, 6.07) is 14.6. The molecule has 0 unspecified atom stereocenters. The predicted molar refractivity (Wildman–Crippen MR) is 105 cm³/mol. The molecule has 140 valence electrons. The van der Waals surface area contributed by atoms with Gasteiger partial charge in [0.2, 0.25) is 5.16 Å². The first-order chi connectivity index (χ1) is 13.2. The van der Waals surface area contributed by atoms with Gasteiger partial charge < -0.3 is 14.6 Å². The highest BCUT2D eigenvalue weighted by Gasteiger charge is 2.11. The molecule has 0 amide bonds. The van der Waals surface area contributed by atoms with E-state index in [0.29, 0.717) is 23.3 Å². The lowest BCUT2D eigenvalue weighted by Crippen LogP contribution is -2.05. The summed E-state index contributed by atoms with van der Waals surface area (Å²) < 4.78 is 12.8. The van der Waals surface area contributed by atoms with E-state index in [9.17, 15) is 5.11 Å². The van der Waals surface area contributed by atoms with Crippen LogP contribution in [-0.2, 0) is 6.61 Å². The molecule has 0 bridgehead atoms. The summed E-state index contributed by atoms with van der Waals surface area (Å²) in [5.41, 5.74) is 0.784. The Morgan fingerprint density at radius 1 is 1.15 bits per heavy atom. The standard InChI is InChI=1S/C19H20N4O3S/c1-3-25-17-11-14(9-10-16(17)24)12-20-23-18(21-22-19(23)27-2)13-26-15-7-5-4-6-8-15/h4-12,24H,3,13H2,1-2H3/b20-12-. The van der Waals surface area contributed by atoms with Gasteiger partial charge in [-0.25, -0.2) is 0 Å². The van der Waals surface area contributed by atoms with Crippen LogP contribution in [0, 0.1) is 0 Å². The number of ether oxygens (including phenoxy) is 2. The zero-order chi connectivity index (χ0) is 19.1. The van der Waals surface area contributed by atoms with Crippen molar-refractivity contribution < 1.29 is 14.6 Å². The molecule has 2 aromatic carbocycles. The summed E-state index contributed by atoms with van der Waals surface area (Å²) in [6.45, 7) is 2.58. The van der Waals surface area contributed by atoms with E-state index in [1.807, 2.05) is 43.5 Å². The van der Waals surface area contributed by atoms with Crippen LogP contribution in [0.3, 0.4) is 0 Å². The van der Waals surface area contributed by atoms with Crippen LogP contribution in [0.25, 0.3) is 0 Å². The van der Waals surface area contributed by atoms with Gasteiger partial charge in [-0.1, -0.05) is 30.0 Å². The van der Waals surface area contributed by atoms with Crippen LogP contribution in [-0.4, -0.2) is 39.1 Å². The number of nitrogens with zero attached hydrogens (tertiary/aromatic N) is 4. The van der Waals surface area contributed by atoms with Gasteiger partial charge >= 0.3 is 0 Å². The Labute approximate surface area is 161 Å². The lowest BCUT2D eigenvalue weighted by molar-refractivity contribution is 0.290. The monoisotopic (exact) mass is 384 g/mol. The van der Waals surface area contributed by atoms with Gasteiger partial charge in [-0.3, -0.25) is 0 Å². The SMILES string of the molecule is CCOc1cc(/C=N\n2c(COc3ccccc3)nnc2SC)ccc1O. The Bertz CT molecular complexity index is 913. The Morgan fingerprint density at radius 2 is 1.96 bits per heavy atom. The number of hydrogen-bond acceptors (Lipinski definition) is 7. The van der Waals surface area contributed by atoms with Crippen molar-refractivity contribution in [2.75, 3.05) is 12.9 Å². The zero-order valence-electron chi connectivity index (χ0n) is 15.1. The third kappa shape index (κ3) is 4.79. The van der Waals surface area contributed by atoms with Crippen molar-refractivity contribution in [1.82, 2.24) is 14.9 Å². The second kappa shape index (κ2) is 9.09. The molecule has 0 aliphatic rings. The van der Waals surface area contributed by atoms with Gasteiger partial charge in [0.15, 0.2) is 17.3 Å². The molecule has 3 rings (SSSR count). The molecule has 0 saturated carbocycles. The summed E-state index contributed by atoms with van der Waals surface area (Å²) in [5.74, 6) is 1.85. The van der Waals surface area contributed by atoms with Crippen LogP contribution in [0.4, 0.5) is 0 Å². The quantitative estimate of drug-likeness (QED) is 0.472. The van der Waals surface area contributed by atoms with Gasteiger partial charge in [0.05, 0.1) is 12.8 Å². The zero-order valence-corrected chi connectivity index (χ0v) is 15.9. The van der Waals surface area contributed by atoms with Crippen molar-refractivity contribution >= 4 is 18.0 Å². The molecule has 27 heavy (non-hydrogen) atoms. The molecule has 0 spiro atoms. The second-order valence-electron chi connectivity index (χ2n) is 5.42. The van der Waals surface area contributed by atoms with E-state index in [4.69, 9.17) is 9.47 Å². The van der Waals surface area contributed by atoms with Crippen LogP contribution in [0.2, 0.25) is 0 Å². The fraction of sp³-hybridized carbons (Fsp3) is 0.211. The topological polar surface area (TPSA) is 81.8 Å². The summed E-state index contributed by atoms with van der Waals surface area (Å²) in [5, 5.41) is 23.2. The third-order valence-corrected chi connectivity index (χ3v) is 4.20. The molecule has 1 aromatic heterocycles. The molecule has 0 atom stereocenters. The number of phenolic OH excluding ortho intramolecular Hbond substituents is 1. The van der Waals surface area contributed by atoms with Gasteiger partial charge in [-0.15, -0.1) is 10.2 Å².